The monoisotopic (exact) mass is 427 g/mol. The lowest BCUT2D eigenvalue weighted by Crippen LogP contribution is -2.42. The summed E-state index contributed by atoms with van der Waals surface area (Å²) in [7, 11) is 0. The number of alkyl halides is 1. The molecular weight excluding hydrogens is 397 g/mol. The molecule has 1 aliphatic carbocycles. The van der Waals surface area contributed by atoms with Crippen molar-refractivity contribution < 1.29 is 23.5 Å². The molecule has 5 nitrogen and oxygen atoms in total. The molecule has 5 unspecified atom stereocenters. The lowest BCUT2D eigenvalue weighted by molar-refractivity contribution is -0.137. The van der Waals surface area contributed by atoms with E-state index in [-0.39, 0.29) is 30.0 Å². The van der Waals surface area contributed by atoms with E-state index in [4.69, 9.17) is 9.47 Å². The summed E-state index contributed by atoms with van der Waals surface area (Å²) in [4.78, 5) is 28.7. The van der Waals surface area contributed by atoms with Gasteiger partial charge >= 0.3 is 0 Å². The van der Waals surface area contributed by atoms with Crippen LogP contribution in [0, 0.1) is 5.92 Å². The Kier molecular flexibility index (Phi) is 5.37. The van der Waals surface area contributed by atoms with Crippen LogP contribution in [-0.4, -0.2) is 48.1 Å². The van der Waals surface area contributed by atoms with Crippen LogP contribution in [-0.2, 0) is 19.1 Å². The molecule has 1 aromatic rings. The van der Waals surface area contributed by atoms with Crippen molar-refractivity contribution in [2.24, 2.45) is 5.92 Å². The Morgan fingerprint density at radius 3 is 2.58 bits per heavy atom. The molecule has 0 aromatic heterocycles. The molecule has 0 bridgehead atoms. The molecule has 3 heterocycles. The number of nitrogens with zero attached hydrogens (tertiary/aromatic N) is 1. The minimum Gasteiger partial charge on any atom is -0.483 e. The van der Waals surface area contributed by atoms with Gasteiger partial charge in [-0.2, -0.15) is 0 Å². The third-order valence-electron chi connectivity index (χ3n) is 7.22. The van der Waals surface area contributed by atoms with Crippen molar-refractivity contribution in [1.29, 1.82) is 0 Å². The Labute approximate surface area is 182 Å². The molecule has 0 radical (unpaired) electrons. The highest BCUT2D eigenvalue weighted by Gasteiger charge is 2.53. The Balaban J connectivity index is 1.53. The van der Waals surface area contributed by atoms with Crippen molar-refractivity contribution in [2.45, 2.75) is 76.3 Å². The predicted molar refractivity (Wildman–Crippen MR) is 113 cm³/mol. The summed E-state index contributed by atoms with van der Waals surface area (Å²) in [5.41, 5.74) is 2.51. The highest BCUT2D eigenvalue weighted by molar-refractivity contribution is 6.11. The van der Waals surface area contributed by atoms with Crippen LogP contribution in [0.2, 0.25) is 0 Å². The molecule has 2 fully saturated rings. The van der Waals surface area contributed by atoms with Gasteiger partial charge in [0.05, 0.1) is 23.6 Å². The second-order valence-electron chi connectivity index (χ2n) is 9.60. The number of benzene rings is 1. The van der Waals surface area contributed by atoms with E-state index in [0.717, 1.165) is 18.4 Å². The third kappa shape index (κ3) is 3.59. The molecule has 5 atom stereocenters. The van der Waals surface area contributed by atoms with Crippen LogP contribution in [0.15, 0.2) is 35.6 Å². The smallest absolute Gasteiger partial charge is 0.290 e. The van der Waals surface area contributed by atoms with E-state index in [2.05, 4.69) is 26.0 Å². The van der Waals surface area contributed by atoms with Crippen LogP contribution >= 0.6 is 0 Å². The number of rotatable bonds is 4. The summed E-state index contributed by atoms with van der Waals surface area (Å²) < 4.78 is 26.0. The summed E-state index contributed by atoms with van der Waals surface area (Å²) in [5.74, 6) is -0.289. The van der Waals surface area contributed by atoms with E-state index in [1.165, 1.54) is 5.56 Å². The van der Waals surface area contributed by atoms with Gasteiger partial charge in [-0.3, -0.25) is 9.59 Å². The van der Waals surface area contributed by atoms with Gasteiger partial charge in [0.2, 0.25) is 0 Å². The van der Waals surface area contributed by atoms with Crippen LogP contribution in [0.1, 0.15) is 69.0 Å². The molecule has 1 saturated carbocycles. The maximum Gasteiger partial charge on any atom is 0.290 e. The van der Waals surface area contributed by atoms with Gasteiger partial charge < -0.3 is 14.4 Å². The highest BCUT2D eigenvalue weighted by atomic mass is 19.1. The molecule has 31 heavy (non-hydrogen) atoms. The molecule has 0 N–H and O–H groups in total. The van der Waals surface area contributed by atoms with Crippen molar-refractivity contribution in [3.8, 4) is 0 Å². The average molecular weight is 428 g/mol. The van der Waals surface area contributed by atoms with Crippen molar-refractivity contribution in [2.75, 3.05) is 13.2 Å². The maximum atomic E-state index is 14.1. The molecule has 166 valence electrons. The highest BCUT2D eigenvalue weighted by Crippen LogP contribution is 2.47. The Morgan fingerprint density at radius 2 is 1.90 bits per heavy atom. The van der Waals surface area contributed by atoms with Gasteiger partial charge in [0, 0.05) is 13.2 Å². The zero-order chi connectivity index (χ0) is 21.7. The van der Waals surface area contributed by atoms with Gasteiger partial charge in [-0.05, 0) is 49.1 Å². The van der Waals surface area contributed by atoms with E-state index in [9.17, 15) is 14.0 Å². The largest absolute Gasteiger partial charge is 0.483 e. The van der Waals surface area contributed by atoms with E-state index in [1.54, 1.807) is 4.90 Å². The molecule has 1 aromatic carbocycles. The predicted octanol–water partition coefficient (Wildman–Crippen LogP) is 4.23. The number of Topliss-reactive ketones (excluding diaryl/α,β-unsaturated/α-hetero) is 1. The van der Waals surface area contributed by atoms with E-state index in [1.807, 2.05) is 12.1 Å². The van der Waals surface area contributed by atoms with Crippen molar-refractivity contribution >= 4 is 11.7 Å². The zero-order valence-corrected chi connectivity index (χ0v) is 18.2. The first-order valence-electron chi connectivity index (χ1n) is 11.6. The standard InChI is InChI=1S/C25H30FNO4/c1-14(2)15-5-7-16(8-6-15)22-21-23(28)19-12-17(26)9-10-20(19)31-24(21)25(29)27(22)13-18-4-3-11-30-18/h5-8,14,17-20,22H,3-4,9-13H2,1-2H3. The van der Waals surface area contributed by atoms with Gasteiger partial charge in [0.15, 0.2) is 11.5 Å². The molecular formula is C25H30FNO4. The van der Waals surface area contributed by atoms with Crippen LogP contribution in [0.4, 0.5) is 4.39 Å². The van der Waals surface area contributed by atoms with Crippen molar-refractivity contribution in [3.63, 3.8) is 0 Å². The summed E-state index contributed by atoms with van der Waals surface area (Å²) in [6, 6.07) is 7.62. The lowest BCUT2D eigenvalue weighted by Gasteiger charge is -2.36. The maximum absolute atomic E-state index is 14.1. The molecule has 5 rings (SSSR count). The zero-order valence-electron chi connectivity index (χ0n) is 18.2. The molecule has 4 aliphatic rings. The number of ether oxygens (including phenoxy) is 2. The van der Waals surface area contributed by atoms with Crippen LogP contribution in [0.25, 0.3) is 0 Å². The number of amides is 1. The van der Waals surface area contributed by atoms with Gasteiger partial charge in [0.25, 0.3) is 5.91 Å². The molecule has 1 amide bonds. The minimum atomic E-state index is -0.986. The number of hydrogen-bond donors (Lipinski definition) is 0. The van der Waals surface area contributed by atoms with E-state index >= 15 is 0 Å². The Bertz CT molecular complexity index is 903. The second-order valence-corrected chi connectivity index (χ2v) is 9.60. The second kappa shape index (κ2) is 8.05. The van der Waals surface area contributed by atoms with Gasteiger partial charge in [-0.15, -0.1) is 0 Å². The molecule has 3 aliphatic heterocycles. The molecule has 1 saturated heterocycles. The number of ketones is 1. The number of halogens is 1. The van der Waals surface area contributed by atoms with E-state index < -0.39 is 24.2 Å². The summed E-state index contributed by atoms with van der Waals surface area (Å²) in [5, 5.41) is 0. The van der Waals surface area contributed by atoms with Crippen LogP contribution < -0.4 is 0 Å². The molecule has 0 spiro atoms. The Hall–Kier alpha value is -2.21. The summed E-state index contributed by atoms with van der Waals surface area (Å²) in [6.45, 7) is 5.40. The topological polar surface area (TPSA) is 55.8 Å². The summed E-state index contributed by atoms with van der Waals surface area (Å²) >= 11 is 0. The Morgan fingerprint density at radius 1 is 1.13 bits per heavy atom. The lowest BCUT2D eigenvalue weighted by atomic mass is 9.77. The first-order chi connectivity index (χ1) is 14.9. The number of carbonyl (C=O) groups is 2. The first-order valence-corrected chi connectivity index (χ1v) is 11.6. The first kappa shape index (κ1) is 20.7. The SMILES string of the molecule is CC(C)c1ccc(C2C3=C(OC4CCC(F)CC4C3=O)C(=O)N2CC2CCCO2)cc1. The fourth-order valence-electron chi connectivity index (χ4n) is 5.47. The minimum absolute atomic E-state index is 0.0321. The van der Waals surface area contributed by atoms with Crippen molar-refractivity contribution in [1.82, 2.24) is 4.90 Å². The van der Waals surface area contributed by atoms with Crippen LogP contribution in [0.3, 0.4) is 0 Å². The fraction of sp³-hybridized carbons (Fsp3) is 0.600. The number of fused-ring (bicyclic) bond motifs is 1. The summed E-state index contributed by atoms with van der Waals surface area (Å²) in [6.07, 6.45) is 1.50. The third-order valence-corrected chi connectivity index (χ3v) is 7.22. The van der Waals surface area contributed by atoms with Gasteiger partial charge in [0.1, 0.15) is 12.3 Å². The number of carbonyl (C=O) groups excluding carboxylic acids is 2. The fourth-order valence-corrected chi connectivity index (χ4v) is 5.47. The van der Waals surface area contributed by atoms with Crippen molar-refractivity contribution in [3.05, 3.63) is 46.7 Å². The quantitative estimate of drug-likeness (QED) is 0.722. The normalized spacial score (nSPS) is 33.0. The van der Waals surface area contributed by atoms with Gasteiger partial charge in [-0.25, -0.2) is 4.39 Å². The van der Waals surface area contributed by atoms with E-state index in [0.29, 0.717) is 37.5 Å². The average Bonchev–Trinajstić information content (AvgIpc) is 3.36. The number of hydrogen-bond acceptors (Lipinski definition) is 4. The molecule has 6 heteroatoms. The van der Waals surface area contributed by atoms with Crippen LogP contribution in [0.5, 0.6) is 0 Å². The van der Waals surface area contributed by atoms with Gasteiger partial charge in [-0.1, -0.05) is 38.1 Å².